The van der Waals surface area contributed by atoms with Gasteiger partial charge in [-0.15, -0.1) is 11.3 Å². The van der Waals surface area contributed by atoms with Gasteiger partial charge >= 0.3 is 0 Å². The van der Waals surface area contributed by atoms with E-state index in [1.807, 2.05) is 35.3 Å². The molecule has 28 heavy (non-hydrogen) atoms. The van der Waals surface area contributed by atoms with Gasteiger partial charge in [-0.2, -0.15) is 5.10 Å². The van der Waals surface area contributed by atoms with E-state index in [4.69, 9.17) is 4.98 Å². The molecule has 1 aliphatic rings. The van der Waals surface area contributed by atoms with Crippen LogP contribution in [0.3, 0.4) is 0 Å². The predicted octanol–water partition coefficient (Wildman–Crippen LogP) is 3.42. The van der Waals surface area contributed by atoms with Crippen LogP contribution in [0.25, 0.3) is 5.69 Å². The smallest absolute Gasteiger partial charge is 0.194 e. The summed E-state index contributed by atoms with van der Waals surface area (Å²) in [7, 11) is 3.89. The highest BCUT2D eigenvalue weighted by molar-refractivity contribution is 7.11. The molecule has 0 amide bonds. The van der Waals surface area contributed by atoms with Crippen LogP contribution in [0.1, 0.15) is 34.0 Å². The number of aliphatic imine (C=N–C) groups is 1. The molecule has 146 valence electrons. The summed E-state index contributed by atoms with van der Waals surface area (Å²) in [5.41, 5.74) is 3.56. The Kier molecular flexibility index (Phi) is 5.71. The number of guanidine groups is 1. The van der Waals surface area contributed by atoms with Crippen LogP contribution in [0.2, 0.25) is 0 Å². The van der Waals surface area contributed by atoms with Crippen LogP contribution in [0.4, 0.5) is 0 Å². The van der Waals surface area contributed by atoms with E-state index >= 15 is 0 Å². The molecule has 4 rings (SSSR count). The van der Waals surface area contributed by atoms with E-state index in [1.54, 1.807) is 6.20 Å². The second-order valence-corrected chi connectivity index (χ2v) is 8.23. The van der Waals surface area contributed by atoms with Gasteiger partial charge < -0.3 is 10.2 Å². The van der Waals surface area contributed by atoms with Crippen molar-refractivity contribution in [1.29, 1.82) is 0 Å². The standard InChI is InChI=1S/C21H26N6S/c1-22-21(26(2)15-20-25-18-9-3-4-10-19(18)28-20)23-14-16-7-5-8-17(13-16)27-12-6-11-24-27/h5-8,11-13H,3-4,9-10,14-15H2,1-2H3,(H,22,23). The molecule has 0 radical (unpaired) electrons. The Labute approximate surface area is 169 Å². The van der Waals surface area contributed by atoms with Gasteiger partial charge in [-0.05, 0) is 49.4 Å². The molecule has 1 aromatic carbocycles. The van der Waals surface area contributed by atoms with E-state index in [2.05, 4.69) is 51.6 Å². The summed E-state index contributed by atoms with van der Waals surface area (Å²) in [6, 6.07) is 10.3. The summed E-state index contributed by atoms with van der Waals surface area (Å²) in [5, 5.41) is 8.94. The Balaban J connectivity index is 1.38. The number of nitrogens with one attached hydrogen (secondary N) is 1. The lowest BCUT2D eigenvalue weighted by Gasteiger charge is -2.21. The zero-order valence-electron chi connectivity index (χ0n) is 16.4. The zero-order chi connectivity index (χ0) is 19.3. The van der Waals surface area contributed by atoms with E-state index < -0.39 is 0 Å². The maximum Gasteiger partial charge on any atom is 0.194 e. The third-order valence-electron chi connectivity index (χ3n) is 4.97. The molecule has 0 atom stereocenters. The number of nitrogens with zero attached hydrogens (tertiary/aromatic N) is 5. The fraction of sp³-hybridized carbons (Fsp3) is 0.381. The first-order valence-corrected chi connectivity index (χ1v) is 10.5. The lowest BCUT2D eigenvalue weighted by Crippen LogP contribution is -2.38. The number of hydrogen-bond acceptors (Lipinski definition) is 4. The van der Waals surface area contributed by atoms with Gasteiger partial charge in [0, 0.05) is 37.9 Å². The van der Waals surface area contributed by atoms with Gasteiger partial charge in [-0.3, -0.25) is 4.99 Å². The summed E-state index contributed by atoms with van der Waals surface area (Å²) < 4.78 is 1.87. The zero-order valence-corrected chi connectivity index (χ0v) is 17.2. The Morgan fingerprint density at radius 2 is 2.18 bits per heavy atom. The van der Waals surface area contributed by atoms with Crippen molar-refractivity contribution in [3.8, 4) is 5.69 Å². The molecule has 0 bridgehead atoms. The molecule has 0 saturated carbocycles. The normalized spacial score (nSPS) is 14.0. The van der Waals surface area contributed by atoms with Gasteiger partial charge in [0.15, 0.2) is 5.96 Å². The third-order valence-corrected chi connectivity index (χ3v) is 6.11. The molecule has 0 spiro atoms. The van der Waals surface area contributed by atoms with Crippen molar-refractivity contribution in [3.05, 3.63) is 63.9 Å². The summed E-state index contributed by atoms with van der Waals surface area (Å²) in [4.78, 5) is 12.9. The number of thiazole rings is 1. The maximum absolute atomic E-state index is 4.85. The van der Waals surface area contributed by atoms with E-state index in [1.165, 1.54) is 40.4 Å². The van der Waals surface area contributed by atoms with Crippen molar-refractivity contribution in [3.63, 3.8) is 0 Å². The number of aryl methyl sites for hydroxylation is 2. The summed E-state index contributed by atoms with van der Waals surface area (Å²) >= 11 is 1.86. The molecular formula is C21H26N6S. The fourth-order valence-electron chi connectivity index (χ4n) is 3.55. The van der Waals surface area contributed by atoms with Crippen molar-refractivity contribution < 1.29 is 0 Å². The van der Waals surface area contributed by atoms with Crippen LogP contribution in [0, 0.1) is 0 Å². The lowest BCUT2D eigenvalue weighted by atomic mass is 10.0. The molecule has 2 heterocycles. The van der Waals surface area contributed by atoms with Crippen LogP contribution < -0.4 is 5.32 Å². The minimum Gasteiger partial charge on any atom is -0.352 e. The SMILES string of the molecule is CN=C(NCc1cccc(-n2cccn2)c1)N(C)Cc1nc2c(s1)CCCC2. The molecule has 0 aliphatic heterocycles. The second-order valence-electron chi connectivity index (χ2n) is 7.06. The average molecular weight is 395 g/mol. The van der Waals surface area contributed by atoms with E-state index in [0.29, 0.717) is 6.54 Å². The second kappa shape index (κ2) is 8.56. The number of benzene rings is 1. The van der Waals surface area contributed by atoms with Crippen molar-refractivity contribution in [2.45, 2.75) is 38.8 Å². The Morgan fingerprint density at radius 1 is 1.29 bits per heavy atom. The Hall–Kier alpha value is -2.67. The largest absolute Gasteiger partial charge is 0.352 e. The van der Waals surface area contributed by atoms with Gasteiger partial charge in [0.05, 0.1) is 17.9 Å². The van der Waals surface area contributed by atoms with Crippen molar-refractivity contribution >= 4 is 17.3 Å². The summed E-state index contributed by atoms with van der Waals surface area (Å²) in [6.45, 7) is 1.49. The van der Waals surface area contributed by atoms with Crippen LogP contribution in [0.5, 0.6) is 0 Å². The predicted molar refractivity (Wildman–Crippen MR) is 114 cm³/mol. The average Bonchev–Trinajstić information content (AvgIpc) is 3.38. The van der Waals surface area contributed by atoms with Crippen LogP contribution in [-0.2, 0) is 25.9 Å². The minimum atomic E-state index is 0.709. The van der Waals surface area contributed by atoms with Gasteiger partial charge in [-0.25, -0.2) is 9.67 Å². The summed E-state index contributed by atoms with van der Waals surface area (Å²) in [6.07, 6.45) is 8.63. The molecular weight excluding hydrogens is 368 g/mol. The van der Waals surface area contributed by atoms with Crippen LogP contribution in [-0.4, -0.2) is 39.7 Å². The highest BCUT2D eigenvalue weighted by atomic mass is 32.1. The molecule has 7 heteroatoms. The van der Waals surface area contributed by atoms with Crippen molar-refractivity contribution in [2.24, 2.45) is 4.99 Å². The first-order chi connectivity index (χ1) is 13.7. The van der Waals surface area contributed by atoms with Gasteiger partial charge in [0.2, 0.25) is 0 Å². The van der Waals surface area contributed by atoms with Crippen LogP contribution >= 0.6 is 11.3 Å². The molecule has 6 nitrogen and oxygen atoms in total. The number of hydrogen-bond donors (Lipinski definition) is 1. The van der Waals surface area contributed by atoms with E-state index in [-0.39, 0.29) is 0 Å². The van der Waals surface area contributed by atoms with Gasteiger partial charge in [0.1, 0.15) is 5.01 Å². The minimum absolute atomic E-state index is 0.709. The Morgan fingerprint density at radius 3 is 2.96 bits per heavy atom. The first kappa shape index (κ1) is 18.7. The monoisotopic (exact) mass is 394 g/mol. The number of rotatable bonds is 5. The number of fused-ring (bicyclic) bond motifs is 1. The molecule has 1 aliphatic carbocycles. The topological polar surface area (TPSA) is 58.3 Å². The fourth-order valence-corrected chi connectivity index (χ4v) is 4.76. The highest BCUT2D eigenvalue weighted by Crippen LogP contribution is 2.27. The van der Waals surface area contributed by atoms with Crippen molar-refractivity contribution in [1.82, 2.24) is 25.0 Å². The Bertz CT molecular complexity index is 920. The molecule has 0 saturated heterocycles. The van der Waals surface area contributed by atoms with E-state index in [9.17, 15) is 0 Å². The molecule has 0 fully saturated rings. The van der Waals surface area contributed by atoms with E-state index in [0.717, 1.165) is 24.6 Å². The molecule has 3 aromatic rings. The molecule has 0 unspecified atom stereocenters. The first-order valence-electron chi connectivity index (χ1n) is 9.71. The van der Waals surface area contributed by atoms with Gasteiger partial charge in [-0.1, -0.05) is 12.1 Å². The molecule has 1 N–H and O–H groups in total. The quantitative estimate of drug-likeness (QED) is 0.532. The van der Waals surface area contributed by atoms with Crippen LogP contribution in [0.15, 0.2) is 47.7 Å². The summed E-state index contributed by atoms with van der Waals surface area (Å²) in [5.74, 6) is 0.873. The lowest BCUT2D eigenvalue weighted by molar-refractivity contribution is 0.474. The third kappa shape index (κ3) is 4.25. The van der Waals surface area contributed by atoms with Crippen molar-refractivity contribution in [2.75, 3.05) is 14.1 Å². The highest BCUT2D eigenvalue weighted by Gasteiger charge is 2.17. The van der Waals surface area contributed by atoms with Gasteiger partial charge in [0.25, 0.3) is 0 Å². The maximum atomic E-state index is 4.85. The molecule has 2 aromatic heterocycles. The number of aromatic nitrogens is 3.